The normalized spacial score (nSPS) is 10.9. The lowest BCUT2D eigenvalue weighted by Crippen LogP contribution is -1.94. The second-order valence-electron chi connectivity index (χ2n) is 4.59. The molecule has 0 saturated heterocycles. The Morgan fingerprint density at radius 2 is 2.05 bits per heavy atom. The minimum atomic E-state index is 0.705. The van der Waals surface area contributed by atoms with Gasteiger partial charge in [-0.3, -0.25) is 0 Å². The summed E-state index contributed by atoms with van der Waals surface area (Å²) >= 11 is 5.99. The third-order valence-electron chi connectivity index (χ3n) is 3.32. The number of aromatic amines is 1. The molecule has 0 spiro atoms. The van der Waals surface area contributed by atoms with Gasteiger partial charge in [0.05, 0.1) is 5.52 Å². The minimum absolute atomic E-state index is 0.705. The zero-order chi connectivity index (χ0) is 13.4. The summed E-state index contributed by atoms with van der Waals surface area (Å²) in [6.45, 7) is 4.18. The van der Waals surface area contributed by atoms with Gasteiger partial charge in [0.15, 0.2) is 5.82 Å². The van der Waals surface area contributed by atoms with Crippen LogP contribution in [0.2, 0.25) is 5.02 Å². The van der Waals surface area contributed by atoms with E-state index in [9.17, 15) is 0 Å². The summed E-state index contributed by atoms with van der Waals surface area (Å²) in [5.41, 5.74) is 4.37. The Kier molecular flexibility index (Phi) is 2.91. The Morgan fingerprint density at radius 3 is 2.84 bits per heavy atom. The lowest BCUT2D eigenvalue weighted by atomic mass is 10.2. The van der Waals surface area contributed by atoms with Gasteiger partial charge in [-0.2, -0.15) is 0 Å². The number of hydrogen-bond acceptors (Lipinski definition) is 2. The molecular formula is C15H14ClN3. The van der Waals surface area contributed by atoms with Crippen molar-refractivity contribution in [1.29, 1.82) is 0 Å². The maximum atomic E-state index is 5.99. The lowest BCUT2D eigenvalue weighted by Gasteiger charge is -2.07. The number of pyridine rings is 1. The van der Waals surface area contributed by atoms with E-state index in [-0.39, 0.29) is 0 Å². The molecule has 4 heteroatoms. The number of anilines is 2. The highest BCUT2D eigenvalue weighted by Crippen LogP contribution is 2.28. The first-order chi connectivity index (χ1) is 9.15. The van der Waals surface area contributed by atoms with Gasteiger partial charge in [0, 0.05) is 28.0 Å². The topological polar surface area (TPSA) is 40.7 Å². The van der Waals surface area contributed by atoms with Crippen LogP contribution in [0.15, 0.2) is 36.5 Å². The molecule has 19 heavy (non-hydrogen) atoms. The molecule has 2 heterocycles. The number of nitrogens with zero attached hydrogens (tertiary/aromatic N) is 1. The number of aromatic nitrogens is 2. The molecule has 0 aliphatic rings. The number of benzene rings is 1. The second-order valence-corrected chi connectivity index (χ2v) is 5.03. The number of H-pyrrole nitrogens is 1. The Balaban J connectivity index is 2.08. The summed E-state index contributed by atoms with van der Waals surface area (Å²) in [5.74, 6) is 0.816. The van der Waals surface area contributed by atoms with E-state index in [2.05, 4.69) is 29.1 Å². The van der Waals surface area contributed by atoms with Gasteiger partial charge in [-0.05, 0) is 43.7 Å². The third-order valence-corrected chi connectivity index (χ3v) is 3.55. The van der Waals surface area contributed by atoms with E-state index >= 15 is 0 Å². The highest BCUT2D eigenvalue weighted by molar-refractivity contribution is 6.30. The number of rotatable bonds is 2. The summed E-state index contributed by atoms with van der Waals surface area (Å²) in [5, 5.41) is 5.20. The standard InChI is InChI=1S/C15H14ClN3/c1-9-10(2)18-14-13(9)6-7-17-15(14)19-12-5-3-4-11(16)8-12/h3-8,18H,1-2H3,(H,17,19). The van der Waals surface area contributed by atoms with Crippen molar-refractivity contribution in [1.82, 2.24) is 9.97 Å². The van der Waals surface area contributed by atoms with Crippen LogP contribution in [-0.4, -0.2) is 9.97 Å². The van der Waals surface area contributed by atoms with E-state index in [0.717, 1.165) is 22.7 Å². The molecule has 96 valence electrons. The van der Waals surface area contributed by atoms with E-state index in [4.69, 9.17) is 11.6 Å². The average molecular weight is 272 g/mol. The van der Waals surface area contributed by atoms with Crippen LogP contribution in [0, 0.1) is 13.8 Å². The summed E-state index contributed by atoms with van der Waals surface area (Å²) < 4.78 is 0. The van der Waals surface area contributed by atoms with Gasteiger partial charge in [-0.25, -0.2) is 4.98 Å². The highest BCUT2D eigenvalue weighted by Gasteiger charge is 2.09. The lowest BCUT2D eigenvalue weighted by molar-refractivity contribution is 1.24. The first-order valence-electron chi connectivity index (χ1n) is 6.11. The van der Waals surface area contributed by atoms with Crippen molar-refractivity contribution < 1.29 is 0 Å². The molecule has 0 bridgehead atoms. The van der Waals surface area contributed by atoms with Crippen LogP contribution >= 0.6 is 11.6 Å². The van der Waals surface area contributed by atoms with Crippen molar-refractivity contribution in [2.75, 3.05) is 5.32 Å². The van der Waals surface area contributed by atoms with Crippen LogP contribution in [0.4, 0.5) is 11.5 Å². The second kappa shape index (κ2) is 4.59. The first kappa shape index (κ1) is 12.1. The van der Waals surface area contributed by atoms with Crippen LogP contribution in [0.1, 0.15) is 11.3 Å². The summed E-state index contributed by atoms with van der Waals surface area (Å²) in [4.78, 5) is 7.77. The number of halogens is 1. The molecule has 0 radical (unpaired) electrons. The number of aryl methyl sites for hydroxylation is 2. The van der Waals surface area contributed by atoms with Gasteiger partial charge in [0.2, 0.25) is 0 Å². The first-order valence-corrected chi connectivity index (χ1v) is 6.49. The molecule has 0 aliphatic heterocycles. The number of fused-ring (bicyclic) bond motifs is 1. The van der Waals surface area contributed by atoms with Crippen LogP contribution in [0.25, 0.3) is 10.9 Å². The molecule has 2 N–H and O–H groups in total. The third kappa shape index (κ3) is 2.17. The Labute approximate surface area is 116 Å². The van der Waals surface area contributed by atoms with Crippen LogP contribution in [-0.2, 0) is 0 Å². The summed E-state index contributed by atoms with van der Waals surface area (Å²) in [6, 6.07) is 9.64. The van der Waals surface area contributed by atoms with Crippen molar-refractivity contribution in [3.63, 3.8) is 0 Å². The Bertz CT molecular complexity index is 746. The van der Waals surface area contributed by atoms with Gasteiger partial charge in [-0.15, -0.1) is 0 Å². The molecule has 2 aromatic heterocycles. The van der Waals surface area contributed by atoms with Crippen LogP contribution < -0.4 is 5.32 Å². The maximum Gasteiger partial charge on any atom is 0.154 e. The molecule has 0 atom stereocenters. The average Bonchev–Trinajstić information content (AvgIpc) is 2.67. The van der Waals surface area contributed by atoms with E-state index in [1.807, 2.05) is 36.5 Å². The van der Waals surface area contributed by atoms with Gasteiger partial charge in [-0.1, -0.05) is 17.7 Å². The molecule has 1 aromatic carbocycles. The van der Waals surface area contributed by atoms with Gasteiger partial charge in [0.1, 0.15) is 0 Å². The molecule has 3 aromatic rings. The zero-order valence-corrected chi connectivity index (χ0v) is 11.5. The van der Waals surface area contributed by atoms with E-state index in [1.165, 1.54) is 10.9 Å². The molecule has 0 amide bonds. The van der Waals surface area contributed by atoms with Gasteiger partial charge in [0.25, 0.3) is 0 Å². The van der Waals surface area contributed by atoms with Crippen molar-refractivity contribution >= 4 is 34.0 Å². The molecular weight excluding hydrogens is 258 g/mol. The smallest absolute Gasteiger partial charge is 0.154 e. The predicted molar refractivity (Wildman–Crippen MR) is 80.3 cm³/mol. The summed E-state index contributed by atoms with van der Waals surface area (Å²) in [7, 11) is 0. The molecule has 0 saturated carbocycles. The SMILES string of the molecule is Cc1[nH]c2c(Nc3cccc(Cl)c3)nccc2c1C. The van der Waals surface area contributed by atoms with Crippen LogP contribution in [0.3, 0.4) is 0 Å². The van der Waals surface area contributed by atoms with Crippen molar-refractivity contribution in [3.05, 3.63) is 52.8 Å². The van der Waals surface area contributed by atoms with E-state index in [1.54, 1.807) is 0 Å². The van der Waals surface area contributed by atoms with Crippen LogP contribution in [0.5, 0.6) is 0 Å². The van der Waals surface area contributed by atoms with E-state index < -0.39 is 0 Å². The minimum Gasteiger partial charge on any atom is -0.355 e. The fourth-order valence-electron chi connectivity index (χ4n) is 2.18. The van der Waals surface area contributed by atoms with Gasteiger partial charge < -0.3 is 10.3 Å². The summed E-state index contributed by atoms with van der Waals surface area (Å²) in [6.07, 6.45) is 1.81. The number of hydrogen-bond donors (Lipinski definition) is 2. The maximum absolute atomic E-state index is 5.99. The molecule has 0 fully saturated rings. The monoisotopic (exact) mass is 271 g/mol. The molecule has 0 unspecified atom stereocenters. The van der Waals surface area contributed by atoms with Gasteiger partial charge >= 0.3 is 0 Å². The van der Waals surface area contributed by atoms with Crippen molar-refractivity contribution in [2.24, 2.45) is 0 Å². The predicted octanol–water partition coefficient (Wildman–Crippen LogP) is 4.58. The number of nitrogens with one attached hydrogen (secondary N) is 2. The van der Waals surface area contributed by atoms with E-state index in [0.29, 0.717) is 5.02 Å². The Hall–Kier alpha value is -2.00. The highest BCUT2D eigenvalue weighted by atomic mass is 35.5. The zero-order valence-electron chi connectivity index (χ0n) is 10.8. The Morgan fingerprint density at radius 1 is 1.21 bits per heavy atom. The molecule has 3 nitrogen and oxygen atoms in total. The largest absolute Gasteiger partial charge is 0.355 e. The van der Waals surface area contributed by atoms with Crippen molar-refractivity contribution in [3.8, 4) is 0 Å². The fraction of sp³-hybridized carbons (Fsp3) is 0.133. The fourth-order valence-corrected chi connectivity index (χ4v) is 2.37. The van der Waals surface area contributed by atoms with Crippen molar-refractivity contribution in [2.45, 2.75) is 13.8 Å². The quantitative estimate of drug-likeness (QED) is 0.716. The molecule has 3 rings (SSSR count). The molecule has 0 aliphatic carbocycles.